The van der Waals surface area contributed by atoms with Crippen molar-refractivity contribution in [2.24, 2.45) is 5.73 Å². The Morgan fingerprint density at radius 3 is 2.67 bits per heavy atom. The molecule has 0 amide bonds. The minimum absolute atomic E-state index is 0.507. The van der Waals surface area contributed by atoms with E-state index in [1.807, 2.05) is 6.92 Å². The fourth-order valence-electron chi connectivity index (χ4n) is 2.78. The van der Waals surface area contributed by atoms with Crippen LogP contribution < -0.4 is 15.4 Å². The molecule has 1 atom stereocenters. The summed E-state index contributed by atoms with van der Waals surface area (Å²) in [6.45, 7) is 9.45. The lowest BCUT2D eigenvalue weighted by atomic mass is 10.1. The summed E-state index contributed by atoms with van der Waals surface area (Å²) in [5.41, 5.74) is 5.89. The molecule has 1 fully saturated rings. The quantitative estimate of drug-likeness (QED) is 0.813. The topological polar surface area (TPSA) is 67.5 Å². The molecule has 6 nitrogen and oxygen atoms in total. The van der Waals surface area contributed by atoms with E-state index in [1.165, 1.54) is 12.8 Å². The minimum Gasteiger partial charge on any atom is -0.478 e. The molecule has 2 heterocycles. The molecular formula is C15H27N5O. The maximum atomic E-state index is 5.89. The van der Waals surface area contributed by atoms with E-state index in [0.717, 1.165) is 38.7 Å². The number of hydrogen-bond donors (Lipinski definition) is 1. The van der Waals surface area contributed by atoms with Crippen LogP contribution in [0.1, 0.15) is 26.7 Å². The lowest BCUT2D eigenvalue weighted by Crippen LogP contribution is -2.52. The zero-order chi connectivity index (χ0) is 15.1. The molecule has 1 unspecified atom stereocenters. The monoisotopic (exact) mass is 293 g/mol. The van der Waals surface area contributed by atoms with E-state index >= 15 is 0 Å². The van der Waals surface area contributed by atoms with Crippen LogP contribution in [-0.4, -0.2) is 60.2 Å². The van der Waals surface area contributed by atoms with Crippen molar-refractivity contribution in [1.29, 1.82) is 0 Å². The summed E-state index contributed by atoms with van der Waals surface area (Å²) in [5.74, 6) is 1.41. The largest absolute Gasteiger partial charge is 0.478 e. The second-order valence-electron chi connectivity index (χ2n) is 5.33. The van der Waals surface area contributed by atoms with Gasteiger partial charge in [-0.05, 0) is 13.3 Å². The first-order chi connectivity index (χ1) is 10.3. The minimum atomic E-state index is 0.507. The average Bonchev–Trinajstić information content (AvgIpc) is 2.53. The zero-order valence-corrected chi connectivity index (χ0v) is 13.2. The Balaban J connectivity index is 1.92. The van der Waals surface area contributed by atoms with Crippen molar-refractivity contribution < 1.29 is 4.74 Å². The van der Waals surface area contributed by atoms with E-state index in [1.54, 1.807) is 12.3 Å². The molecule has 0 bridgehead atoms. The Bertz CT molecular complexity index is 420. The number of nitrogens with two attached hydrogens (primary N) is 1. The molecule has 0 radical (unpaired) electrons. The van der Waals surface area contributed by atoms with Crippen molar-refractivity contribution in [2.45, 2.75) is 32.7 Å². The average molecular weight is 293 g/mol. The van der Waals surface area contributed by atoms with Crippen molar-refractivity contribution in [2.75, 3.05) is 44.2 Å². The molecule has 118 valence electrons. The number of hydrogen-bond acceptors (Lipinski definition) is 6. The Kier molecular flexibility index (Phi) is 6.20. The van der Waals surface area contributed by atoms with Crippen molar-refractivity contribution in [3.8, 4) is 5.88 Å². The predicted molar refractivity (Wildman–Crippen MR) is 84.7 cm³/mol. The fourth-order valence-corrected chi connectivity index (χ4v) is 2.78. The van der Waals surface area contributed by atoms with Gasteiger partial charge < -0.3 is 15.4 Å². The van der Waals surface area contributed by atoms with Crippen LogP contribution >= 0.6 is 0 Å². The summed E-state index contributed by atoms with van der Waals surface area (Å²) in [5, 5.41) is 0. The normalized spacial score (nSPS) is 17.8. The summed E-state index contributed by atoms with van der Waals surface area (Å²) in [6, 6.07) is 2.31. The predicted octanol–water partition coefficient (Wildman–Crippen LogP) is 1.12. The van der Waals surface area contributed by atoms with Gasteiger partial charge in [0.05, 0.1) is 6.61 Å². The van der Waals surface area contributed by atoms with Crippen molar-refractivity contribution in [1.82, 2.24) is 14.9 Å². The van der Waals surface area contributed by atoms with Crippen molar-refractivity contribution in [3.63, 3.8) is 0 Å². The summed E-state index contributed by atoms with van der Waals surface area (Å²) in [6.07, 6.45) is 4.12. The van der Waals surface area contributed by atoms with Gasteiger partial charge in [0.15, 0.2) is 0 Å². The molecule has 1 aliphatic rings. The number of piperazine rings is 1. The van der Waals surface area contributed by atoms with E-state index in [2.05, 4.69) is 26.7 Å². The molecule has 2 N–H and O–H groups in total. The van der Waals surface area contributed by atoms with E-state index in [4.69, 9.17) is 10.5 Å². The zero-order valence-electron chi connectivity index (χ0n) is 13.2. The third kappa shape index (κ3) is 4.28. The number of aromatic nitrogens is 2. The van der Waals surface area contributed by atoms with Gasteiger partial charge in [-0.2, -0.15) is 4.98 Å². The van der Waals surface area contributed by atoms with Crippen molar-refractivity contribution >= 4 is 5.95 Å². The van der Waals surface area contributed by atoms with Gasteiger partial charge in [0.1, 0.15) is 0 Å². The fraction of sp³-hybridized carbons (Fsp3) is 0.733. The molecule has 21 heavy (non-hydrogen) atoms. The molecule has 2 rings (SSSR count). The first-order valence-corrected chi connectivity index (χ1v) is 7.93. The molecule has 0 saturated carbocycles. The van der Waals surface area contributed by atoms with Crippen LogP contribution in [-0.2, 0) is 0 Å². The van der Waals surface area contributed by atoms with Crippen LogP contribution in [0.4, 0.5) is 5.95 Å². The number of rotatable bonds is 7. The van der Waals surface area contributed by atoms with Crippen LogP contribution in [0, 0.1) is 0 Å². The van der Waals surface area contributed by atoms with E-state index in [0.29, 0.717) is 18.5 Å². The third-order valence-electron chi connectivity index (χ3n) is 3.92. The third-order valence-corrected chi connectivity index (χ3v) is 3.92. The lowest BCUT2D eigenvalue weighted by Gasteiger charge is -2.39. The Morgan fingerprint density at radius 2 is 2.05 bits per heavy atom. The van der Waals surface area contributed by atoms with Gasteiger partial charge in [0, 0.05) is 51.0 Å². The first kappa shape index (κ1) is 16.0. The number of ether oxygens (including phenoxy) is 1. The smallest absolute Gasteiger partial charge is 0.228 e. The molecule has 1 aromatic heterocycles. The van der Waals surface area contributed by atoms with Crippen LogP contribution in [0.5, 0.6) is 5.88 Å². The Morgan fingerprint density at radius 1 is 1.29 bits per heavy atom. The van der Waals surface area contributed by atoms with Crippen LogP contribution in [0.15, 0.2) is 12.3 Å². The molecule has 1 aromatic rings. The van der Waals surface area contributed by atoms with Gasteiger partial charge in [0.25, 0.3) is 0 Å². The Hall–Kier alpha value is -1.40. The summed E-state index contributed by atoms with van der Waals surface area (Å²) in [4.78, 5) is 13.5. The van der Waals surface area contributed by atoms with E-state index in [9.17, 15) is 0 Å². The summed E-state index contributed by atoms with van der Waals surface area (Å²) < 4.78 is 5.44. The second kappa shape index (κ2) is 8.14. The molecular weight excluding hydrogens is 266 g/mol. The van der Waals surface area contributed by atoms with Gasteiger partial charge in [-0.3, -0.25) is 4.90 Å². The van der Waals surface area contributed by atoms with Gasteiger partial charge in [-0.25, -0.2) is 4.98 Å². The maximum absolute atomic E-state index is 5.89. The van der Waals surface area contributed by atoms with Crippen molar-refractivity contribution in [3.05, 3.63) is 12.3 Å². The highest BCUT2D eigenvalue weighted by atomic mass is 16.5. The Labute approximate surface area is 127 Å². The number of anilines is 1. The highest BCUT2D eigenvalue weighted by molar-refractivity contribution is 5.32. The first-order valence-electron chi connectivity index (χ1n) is 7.93. The van der Waals surface area contributed by atoms with E-state index < -0.39 is 0 Å². The molecule has 0 aromatic carbocycles. The van der Waals surface area contributed by atoms with E-state index in [-0.39, 0.29) is 0 Å². The highest BCUT2D eigenvalue weighted by Crippen LogP contribution is 2.16. The molecule has 6 heteroatoms. The lowest BCUT2D eigenvalue weighted by molar-refractivity contribution is 0.178. The van der Waals surface area contributed by atoms with Gasteiger partial charge in [0.2, 0.25) is 11.8 Å². The van der Waals surface area contributed by atoms with Gasteiger partial charge in [-0.15, -0.1) is 0 Å². The molecule has 1 saturated heterocycles. The van der Waals surface area contributed by atoms with Gasteiger partial charge in [-0.1, -0.05) is 13.3 Å². The molecule has 0 spiro atoms. The number of nitrogens with zero attached hydrogens (tertiary/aromatic N) is 4. The van der Waals surface area contributed by atoms with Crippen LogP contribution in [0.2, 0.25) is 0 Å². The van der Waals surface area contributed by atoms with Crippen LogP contribution in [0.25, 0.3) is 0 Å². The SMILES string of the molecule is CCCC(CN)N1CCN(c2nccc(OCC)n2)CC1. The summed E-state index contributed by atoms with van der Waals surface area (Å²) in [7, 11) is 0. The molecule has 1 aliphatic heterocycles. The molecule has 0 aliphatic carbocycles. The standard InChI is InChI=1S/C15H27N5O/c1-3-5-13(12-16)19-8-10-20(11-9-19)15-17-7-6-14(18-15)21-4-2/h6-7,13H,3-5,8-12,16H2,1-2H3. The van der Waals surface area contributed by atoms with Crippen LogP contribution in [0.3, 0.4) is 0 Å². The maximum Gasteiger partial charge on any atom is 0.228 e. The highest BCUT2D eigenvalue weighted by Gasteiger charge is 2.23. The second-order valence-corrected chi connectivity index (χ2v) is 5.33. The van der Waals surface area contributed by atoms with Gasteiger partial charge >= 0.3 is 0 Å². The summed E-state index contributed by atoms with van der Waals surface area (Å²) >= 11 is 0.